The summed E-state index contributed by atoms with van der Waals surface area (Å²) in [5.41, 5.74) is 1.43. The van der Waals surface area contributed by atoms with Crippen LogP contribution >= 0.6 is 0 Å². The Labute approximate surface area is 139 Å². The van der Waals surface area contributed by atoms with E-state index in [1.165, 1.54) is 6.92 Å². The Balaban J connectivity index is 1.59. The molecule has 1 aromatic carbocycles. The molecule has 7 nitrogen and oxygen atoms in total. The summed E-state index contributed by atoms with van der Waals surface area (Å²) in [4.78, 5) is 25.6. The fraction of sp³-hybridized carbons (Fsp3) is 0.353. The van der Waals surface area contributed by atoms with Crippen LogP contribution in [0.3, 0.4) is 0 Å². The molecule has 1 aromatic heterocycles. The van der Waals surface area contributed by atoms with E-state index in [4.69, 9.17) is 9.26 Å². The average Bonchev–Trinajstić information content (AvgIpc) is 3.05. The van der Waals surface area contributed by atoms with Gasteiger partial charge in [0.05, 0.1) is 19.8 Å². The van der Waals surface area contributed by atoms with Crippen LogP contribution in [-0.2, 0) is 11.3 Å². The van der Waals surface area contributed by atoms with Crippen LogP contribution in [0.5, 0.6) is 0 Å². The summed E-state index contributed by atoms with van der Waals surface area (Å²) < 4.78 is 10.5. The number of anilines is 1. The molecule has 0 bridgehead atoms. The summed E-state index contributed by atoms with van der Waals surface area (Å²) in [7, 11) is 0. The Morgan fingerprint density at radius 3 is 2.58 bits per heavy atom. The highest BCUT2D eigenvalue weighted by atomic mass is 16.5. The molecule has 0 saturated carbocycles. The number of hydrogen-bond acceptors (Lipinski definition) is 6. The van der Waals surface area contributed by atoms with Crippen LogP contribution in [0.25, 0.3) is 0 Å². The minimum Gasteiger partial charge on any atom is -0.379 e. The highest BCUT2D eigenvalue weighted by Crippen LogP contribution is 2.13. The number of aromatic nitrogens is 1. The van der Waals surface area contributed by atoms with Gasteiger partial charge in [-0.3, -0.25) is 14.5 Å². The number of benzene rings is 1. The number of rotatable bonds is 5. The predicted molar refractivity (Wildman–Crippen MR) is 87.0 cm³/mol. The lowest BCUT2D eigenvalue weighted by Gasteiger charge is -2.25. The van der Waals surface area contributed by atoms with Gasteiger partial charge in [-0.2, -0.15) is 0 Å². The van der Waals surface area contributed by atoms with Crippen molar-refractivity contribution in [1.29, 1.82) is 0 Å². The van der Waals surface area contributed by atoms with Crippen LogP contribution < -0.4 is 5.32 Å². The van der Waals surface area contributed by atoms with Crippen molar-refractivity contribution in [3.05, 3.63) is 47.3 Å². The van der Waals surface area contributed by atoms with Crippen LogP contribution in [-0.4, -0.2) is 48.1 Å². The van der Waals surface area contributed by atoms with Crippen molar-refractivity contribution in [2.75, 3.05) is 31.6 Å². The van der Waals surface area contributed by atoms with Crippen LogP contribution in [0.2, 0.25) is 0 Å². The maximum Gasteiger partial charge on any atom is 0.277 e. The van der Waals surface area contributed by atoms with Crippen molar-refractivity contribution in [2.24, 2.45) is 0 Å². The van der Waals surface area contributed by atoms with E-state index < -0.39 is 0 Å². The number of amides is 1. The number of Topliss-reactive ketones (excluding diaryl/α,β-unsaturated/α-hetero) is 1. The van der Waals surface area contributed by atoms with Gasteiger partial charge in [0.1, 0.15) is 0 Å². The van der Waals surface area contributed by atoms with Gasteiger partial charge in [-0.1, -0.05) is 5.16 Å². The number of hydrogen-bond donors (Lipinski definition) is 1. The number of morpholine rings is 1. The monoisotopic (exact) mass is 329 g/mol. The minimum atomic E-state index is -0.345. The van der Waals surface area contributed by atoms with E-state index in [0.717, 1.165) is 13.1 Å². The molecule has 0 radical (unpaired) electrons. The van der Waals surface area contributed by atoms with E-state index >= 15 is 0 Å². The van der Waals surface area contributed by atoms with Gasteiger partial charge in [0.2, 0.25) is 0 Å². The summed E-state index contributed by atoms with van der Waals surface area (Å²) in [6.45, 7) is 5.20. The van der Waals surface area contributed by atoms with Gasteiger partial charge in [0, 0.05) is 30.4 Å². The number of nitrogens with zero attached hydrogens (tertiary/aromatic N) is 2. The first-order valence-electron chi connectivity index (χ1n) is 7.80. The first-order valence-corrected chi connectivity index (χ1v) is 7.80. The molecule has 0 unspecified atom stereocenters. The summed E-state index contributed by atoms with van der Waals surface area (Å²) >= 11 is 0. The zero-order valence-corrected chi connectivity index (χ0v) is 13.4. The number of ether oxygens (including phenoxy) is 1. The minimum absolute atomic E-state index is 0.0165. The molecule has 24 heavy (non-hydrogen) atoms. The largest absolute Gasteiger partial charge is 0.379 e. The molecule has 0 spiro atoms. The quantitative estimate of drug-likeness (QED) is 0.844. The molecule has 1 saturated heterocycles. The molecule has 0 atom stereocenters. The van der Waals surface area contributed by atoms with Crippen molar-refractivity contribution < 1.29 is 18.8 Å². The highest BCUT2D eigenvalue weighted by molar-refractivity contribution is 6.03. The van der Waals surface area contributed by atoms with Crippen molar-refractivity contribution in [1.82, 2.24) is 10.1 Å². The Kier molecular flexibility index (Phi) is 5.02. The maximum absolute atomic E-state index is 12.2. The van der Waals surface area contributed by atoms with E-state index in [2.05, 4.69) is 15.4 Å². The Hall–Kier alpha value is -2.51. The van der Waals surface area contributed by atoms with E-state index in [1.54, 1.807) is 30.3 Å². The smallest absolute Gasteiger partial charge is 0.277 e. The Morgan fingerprint density at radius 2 is 1.92 bits per heavy atom. The lowest BCUT2D eigenvalue weighted by molar-refractivity contribution is 0.0305. The van der Waals surface area contributed by atoms with E-state index in [-0.39, 0.29) is 17.4 Å². The van der Waals surface area contributed by atoms with Crippen LogP contribution in [0, 0.1) is 0 Å². The fourth-order valence-corrected chi connectivity index (χ4v) is 2.46. The Bertz CT molecular complexity index is 718. The normalized spacial score (nSPS) is 15.2. The molecular formula is C17H19N3O4. The second-order valence-electron chi connectivity index (χ2n) is 5.65. The van der Waals surface area contributed by atoms with Gasteiger partial charge in [-0.25, -0.2) is 0 Å². The topological polar surface area (TPSA) is 84.7 Å². The second-order valence-corrected chi connectivity index (χ2v) is 5.65. The summed E-state index contributed by atoms with van der Waals surface area (Å²) in [5.74, 6) is 0.286. The second kappa shape index (κ2) is 7.37. The molecular weight excluding hydrogens is 310 g/mol. The number of ketones is 1. The molecule has 1 aliphatic rings. The third-order valence-corrected chi connectivity index (χ3v) is 3.82. The number of carbonyl (C=O) groups excluding carboxylic acids is 2. The van der Waals surface area contributed by atoms with Gasteiger partial charge >= 0.3 is 0 Å². The van der Waals surface area contributed by atoms with Crippen LogP contribution in [0.4, 0.5) is 5.69 Å². The third-order valence-electron chi connectivity index (χ3n) is 3.82. The van der Waals surface area contributed by atoms with Crippen LogP contribution in [0.1, 0.15) is 33.5 Å². The van der Waals surface area contributed by atoms with Crippen molar-refractivity contribution in [3.63, 3.8) is 0 Å². The third kappa shape index (κ3) is 4.06. The summed E-state index contributed by atoms with van der Waals surface area (Å²) in [5, 5.41) is 6.56. The molecule has 126 valence electrons. The van der Waals surface area contributed by atoms with Gasteiger partial charge < -0.3 is 14.6 Å². The van der Waals surface area contributed by atoms with Gasteiger partial charge in [-0.05, 0) is 31.2 Å². The maximum atomic E-state index is 12.2. The SMILES string of the molecule is CC(=O)c1ccc(NC(=O)c2cc(CN3CCOCC3)on2)cc1. The molecule has 2 heterocycles. The van der Waals surface area contributed by atoms with Crippen molar-refractivity contribution >= 4 is 17.4 Å². The molecule has 1 fully saturated rings. The van der Waals surface area contributed by atoms with E-state index in [9.17, 15) is 9.59 Å². The van der Waals surface area contributed by atoms with E-state index in [1.807, 2.05) is 0 Å². The zero-order chi connectivity index (χ0) is 16.9. The van der Waals surface area contributed by atoms with Crippen molar-refractivity contribution in [2.45, 2.75) is 13.5 Å². The first-order chi connectivity index (χ1) is 11.6. The first kappa shape index (κ1) is 16.4. The summed E-state index contributed by atoms with van der Waals surface area (Å²) in [6.07, 6.45) is 0. The lowest BCUT2D eigenvalue weighted by atomic mass is 10.1. The van der Waals surface area contributed by atoms with Gasteiger partial charge in [-0.15, -0.1) is 0 Å². The van der Waals surface area contributed by atoms with Gasteiger partial charge in [0.15, 0.2) is 17.2 Å². The molecule has 7 heteroatoms. The standard InChI is InChI=1S/C17H19N3O4/c1-12(21)13-2-4-14(5-3-13)18-17(22)16-10-15(24-19-16)11-20-6-8-23-9-7-20/h2-5,10H,6-9,11H2,1H3,(H,18,22). The molecule has 1 aliphatic heterocycles. The molecule has 1 N–H and O–H groups in total. The van der Waals surface area contributed by atoms with Crippen LogP contribution in [0.15, 0.2) is 34.9 Å². The van der Waals surface area contributed by atoms with E-state index in [0.29, 0.717) is 36.8 Å². The predicted octanol–water partition coefficient (Wildman–Crippen LogP) is 1.96. The lowest BCUT2D eigenvalue weighted by Crippen LogP contribution is -2.35. The molecule has 2 aromatic rings. The average molecular weight is 329 g/mol. The zero-order valence-electron chi connectivity index (χ0n) is 13.4. The van der Waals surface area contributed by atoms with Gasteiger partial charge in [0.25, 0.3) is 5.91 Å². The highest BCUT2D eigenvalue weighted by Gasteiger charge is 2.17. The fourth-order valence-electron chi connectivity index (χ4n) is 2.46. The molecule has 1 amide bonds. The van der Waals surface area contributed by atoms with Crippen molar-refractivity contribution in [3.8, 4) is 0 Å². The Morgan fingerprint density at radius 1 is 1.21 bits per heavy atom. The molecule has 3 rings (SSSR count). The number of nitrogens with one attached hydrogen (secondary N) is 1. The molecule has 0 aliphatic carbocycles. The summed E-state index contributed by atoms with van der Waals surface area (Å²) in [6, 6.07) is 8.36. The number of carbonyl (C=O) groups is 2.